The predicted molar refractivity (Wildman–Crippen MR) is 122 cm³/mol. The van der Waals surface area contributed by atoms with Gasteiger partial charge in [-0.1, -0.05) is 26.0 Å². The van der Waals surface area contributed by atoms with Crippen LogP contribution in [0.15, 0.2) is 29.1 Å². The number of amides is 3. The lowest BCUT2D eigenvalue weighted by Crippen LogP contribution is -2.55. The van der Waals surface area contributed by atoms with Crippen LogP contribution in [0.3, 0.4) is 0 Å². The number of carbonyl (C=O) groups excluding carboxylic acids is 2. The lowest BCUT2D eigenvalue weighted by Gasteiger charge is -2.37. The normalized spacial score (nSPS) is 18.3. The van der Waals surface area contributed by atoms with E-state index in [0.717, 1.165) is 25.9 Å². The maximum Gasteiger partial charge on any atom is 0.317 e. The van der Waals surface area contributed by atoms with Gasteiger partial charge in [-0.25, -0.2) is 9.78 Å². The van der Waals surface area contributed by atoms with E-state index in [2.05, 4.69) is 20.2 Å². The van der Waals surface area contributed by atoms with Gasteiger partial charge in [0, 0.05) is 51.2 Å². The first kappa shape index (κ1) is 22.3. The van der Waals surface area contributed by atoms with Gasteiger partial charge in [0.2, 0.25) is 5.91 Å². The van der Waals surface area contributed by atoms with Gasteiger partial charge < -0.3 is 20.1 Å². The zero-order chi connectivity index (χ0) is 22.7. The largest absolute Gasteiger partial charge is 0.342 e. The number of rotatable bonds is 4. The van der Waals surface area contributed by atoms with E-state index in [1.54, 1.807) is 6.07 Å². The molecule has 0 bridgehead atoms. The van der Waals surface area contributed by atoms with Gasteiger partial charge in [0.1, 0.15) is 5.82 Å². The molecular weight excluding hydrogens is 408 g/mol. The van der Waals surface area contributed by atoms with Gasteiger partial charge in [-0.15, -0.1) is 0 Å². The summed E-state index contributed by atoms with van der Waals surface area (Å²) < 4.78 is 0. The number of nitrogens with zero attached hydrogens (tertiary/aromatic N) is 4. The van der Waals surface area contributed by atoms with Crippen molar-refractivity contribution >= 4 is 22.8 Å². The molecule has 0 aliphatic carbocycles. The van der Waals surface area contributed by atoms with Crippen molar-refractivity contribution in [3.63, 3.8) is 0 Å². The van der Waals surface area contributed by atoms with Gasteiger partial charge in [-0.3, -0.25) is 14.5 Å². The van der Waals surface area contributed by atoms with Crippen LogP contribution in [0.2, 0.25) is 0 Å². The minimum Gasteiger partial charge on any atom is -0.342 e. The zero-order valence-electron chi connectivity index (χ0n) is 18.8. The van der Waals surface area contributed by atoms with Crippen LogP contribution < -0.4 is 10.9 Å². The van der Waals surface area contributed by atoms with Crippen LogP contribution in [0.4, 0.5) is 4.79 Å². The van der Waals surface area contributed by atoms with E-state index in [4.69, 9.17) is 0 Å². The SMILES string of the molecule is CC(C)C(=O)N1CCC(NC(=O)N2CCN(Cc3nc4ccccc4c(=O)[nH]3)CC2)CC1. The number of piperazine rings is 1. The molecule has 0 saturated carbocycles. The highest BCUT2D eigenvalue weighted by molar-refractivity contribution is 5.78. The average Bonchev–Trinajstić information content (AvgIpc) is 2.79. The number of benzene rings is 1. The van der Waals surface area contributed by atoms with Gasteiger partial charge in [0.25, 0.3) is 5.56 Å². The third kappa shape index (κ3) is 5.09. The molecule has 0 spiro atoms. The van der Waals surface area contributed by atoms with Crippen LogP contribution in [0.5, 0.6) is 0 Å². The van der Waals surface area contributed by atoms with Crippen molar-refractivity contribution in [3.8, 4) is 0 Å². The Bertz CT molecular complexity index is 1020. The molecule has 2 aliphatic heterocycles. The van der Waals surface area contributed by atoms with Crippen LogP contribution in [0.1, 0.15) is 32.5 Å². The quantitative estimate of drug-likeness (QED) is 0.748. The van der Waals surface area contributed by atoms with E-state index in [-0.39, 0.29) is 29.5 Å². The number of fused-ring (bicyclic) bond motifs is 1. The van der Waals surface area contributed by atoms with E-state index in [9.17, 15) is 14.4 Å². The van der Waals surface area contributed by atoms with Crippen LogP contribution >= 0.6 is 0 Å². The van der Waals surface area contributed by atoms with Crippen LogP contribution in [-0.2, 0) is 11.3 Å². The van der Waals surface area contributed by atoms with Crippen LogP contribution in [0, 0.1) is 5.92 Å². The van der Waals surface area contributed by atoms with Gasteiger partial charge in [-0.05, 0) is 25.0 Å². The van der Waals surface area contributed by atoms with E-state index in [1.807, 2.05) is 41.8 Å². The minimum atomic E-state index is -0.121. The highest BCUT2D eigenvalue weighted by Crippen LogP contribution is 2.14. The molecule has 1 aromatic heterocycles. The molecule has 0 atom stereocenters. The fraction of sp³-hybridized carbons (Fsp3) is 0.565. The number of hydrogen-bond acceptors (Lipinski definition) is 5. The van der Waals surface area contributed by atoms with Crippen molar-refractivity contribution in [3.05, 3.63) is 40.4 Å². The molecule has 1 aromatic carbocycles. The first-order valence-electron chi connectivity index (χ1n) is 11.4. The third-order valence-corrected chi connectivity index (χ3v) is 6.32. The summed E-state index contributed by atoms with van der Waals surface area (Å²) in [7, 11) is 0. The number of nitrogens with one attached hydrogen (secondary N) is 2. The first-order chi connectivity index (χ1) is 15.4. The Morgan fingerprint density at radius 1 is 1.06 bits per heavy atom. The summed E-state index contributed by atoms with van der Waals surface area (Å²) in [6.45, 7) is 8.52. The maximum absolute atomic E-state index is 12.7. The first-order valence-corrected chi connectivity index (χ1v) is 11.4. The second-order valence-electron chi connectivity index (χ2n) is 9.00. The van der Waals surface area contributed by atoms with Crippen molar-refractivity contribution in [1.29, 1.82) is 0 Å². The number of carbonyl (C=O) groups is 2. The lowest BCUT2D eigenvalue weighted by atomic mass is 10.0. The fourth-order valence-corrected chi connectivity index (χ4v) is 4.41. The second-order valence-corrected chi connectivity index (χ2v) is 9.00. The Kier molecular flexibility index (Phi) is 6.74. The molecule has 2 aromatic rings. The van der Waals surface area contributed by atoms with Gasteiger partial charge in [0.05, 0.1) is 17.4 Å². The number of piperidine rings is 1. The van der Waals surface area contributed by atoms with E-state index < -0.39 is 0 Å². The van der Waals surface area contributed by atoms with Crippen molar-refractivity contribution < 1.29 is 9.59 Å². The molecule has 2 fully saturated rings. The molecule has 32 heavy (non-hydrogen) atoms. The molecule has 0 unspecified atom stereocenters. The van der Waals surface area contributed by atoms with Gasteiger partial charge in [-0.2, -0.15) is 0 Å². The van der Waals surface area contributed by atoms with Crippen molar-refractivity contribution in [1.82, 2.24) is 30.0 Å². The molecule has 3 amide bonds. The topological polar surface area (TPSA) is 102 Å². The Morgan fingerprint density at radius 3 is 2.44 bits per heavy atom. The molecule has 3 heterocycles. The summed E-state index contributed by atoms with van der Waals surface area (Å²) in [5.74, 6) is 0.850. The average molecular weight is 441 g/mol. The van der Waals surface area contributed by atoms with Gasteiger partial charge >= 0.3 is 6.03 Å². The second kappa shape index (κ2) is 9.68. The standard InChI is InChI=1S/C23H32N6O3/c1-16(2)22(31)28-9-7-17(8-10-28)24-23(32)29-13-11-27(12-14-29)15-20-25-19-6-4-3-5-18(19)21(30)26-20/h3-6,16-17H,7-15H2,1-2H3,(H,24,32)(H,25,26,30). The summed E-state index contributed by atoms with van der Waals surface area (Å²) in [5.41, 5.74) is 0.579. The number of H-pyrrole nitrogens is 1. The molecule has 2 N–H and O–H groups in total. The molecule has 2 saturated heterocycles. The summed E-state index contributed by atoms with van der Waals surface area (Å²) >= 11 is 0. The summed E-state index contributed by atoms with van der Waals surface area (Å²) in [5, 5.41) is 3.73. The van der Waals surface area contributed by atoms with Crippen LogP contribution in [-0.4, -0.2) is 81.9 Å². The highest BCUT2D eigenvalue weighted by atomic mass is 16.2. The van der Waals surface area contributed by atoms with E-state index >= 15 is 0 Å². The summed E-state index contributed by atoms with van der Waals surface area (Å²) in [6, 6.07) is 7.41. The Hall–Kier alpha value is -2.94. The monoisotopic (exact) mass is 440 g/mol. The van der Waals surface area contributed by atoms with E-state index in [1.165, 1.54) is 0 Å². The number of aromatic amines is 1. The molecule has 4 rings (SSSR count). The predicted octanol–water partition coefficient (Wildman–Crippen LogP) is 1.40. The molecular formula is C23H32N6O3. The summed E-state index contributed by atoms with van der Waals surface area (Å²) in [6.07, 6.45) is 1.59. The van der Waals surface area contributed by atoms with Gasteiger partial charge in [0.15, 0.2) is 0 Å². The van der Waals surface area contributed by atoms with Crippen LogP contribution in [0.25, 0.3) is 10.9 Å². The number of urea groups is 1. The van der Waals surface area contributed by atoms with E-state index in [0.29, 0.717) is 49.5 Å². The minimum absolute atomic E-state index is 0.0140. The Labute approximate surface area is 187 Å². The zero-order valence-corrected chi connectivity index (χ0v) is 18.8. The maximum atomic E-state index is 12.7. The third-order valence-electron chi connectivity index (χ3n) is 6.32. The number of aromatic nitrogens is 2. The smallest absolute Gasteiger partial charge is 0.317 e. The van der Waals surface area contributed by atoms with Crippen molar-refractivity contribution in [2.24, 2.45) is 5.92 Å². The highest BCUT2D eigenvalue weighted by Gasteiger charge is 2.27. The molecule has 2 aliphatic rings. The van der Waals surface area contributed by atoms with Crippen molar-refractivity contribution in [2.75, 3.05) is 39.3 Å². The molecule has 9 heteroatoms. The summed E-state index contributed by atoms with van der Waals surface area (Å²) in [4.78, 5) is 50.5. The Morgan fingerprint density at radius 2 is 1.75 bits per heavy atom. The van der Waals surface area contributed by atoms with Crippen molar-refractivity contribution in [2.45, 2.75) is 39.3 Å². The molecule has 0 radical (unpaired) electrons. The molecule has 172 valence electrons. The number of hydrogen-bond donors (Lipinski definition) is 2. The molecule has 9 nitrogen and oxygen atoms in total. The number of para-hydroxylation sites is 1. The number of likely N-dealkylation sites (tertiary alicyclic amines) is 1. The fourth-order valence-electron chi connectivity index (χ4n) is 4.41. The lowest BCUT2D eigenvalue weighted by molar-refractivity contribution is -0.135. The Balaban J connectivity index is 1.24.